The molecule has 2 unspecified atom stereocenters. The summed E-state index contributed by atoms with van der Waals surface area (Å²) in [4.78, 5) is 24.9. The molecular weight excluding hydrogens is 316 g/mol. The number of nitrogens with two attached hydrogens (primary N) is 1. The minimum absolute atomic E-state index is 0.143. The van der Waals surface area contributed by atoms with Crippen molar-refractivity contribution in [1.82, 2.24) is 16.0 Å². The number of hydrogen-bond acceptors (Lipinski definition) is 4. The van der Waals surface area contributed by atoms with Gasteiger partial charge in [-0.2, -0.15) is 0 Å². The number of likely N-dealkylation sites (N-methyl/N-ethyl adjacent to an activating group) is 1. The molecule has 0 heterocycles. The number of unbranched alkanes of at least 4 members (excludes halogenated alkanes) is 1. The van der Waals surface area contributed by atoms with Crippen molar-refractivity contribution in [2.75, 3.05) is 13.6 Å². The number of hydrogen-bond donors (Lipinski definition) is 4. The third-order valence-electron chi connectivity index (χ3n) is 3.96. The van der Waals surface area contributed by atoms with Crippen LogP contribution < -0.4 is 21.7 Å². The third-order valence-corrected chi connectivity index (χ3v) is 3.96. The first-order chi connectivity index (χ1) is 12.0. The first kappa shape index (κ1) is 21.1. The van der Waals surface area contributed by atoms with Gasteiger partial charge in [-0.15, -0.1) is 0 Å². The average molecular weight is 348 g/mol. The molecule has 0 bridgehead atoms. The maximum absolute atomic E-state index is 12.7. The van der Waals surface area contributed by atoms with Crippen molar-refractivity contribution < 1.29 is 9.59 Å². The van der Waals surface area contributed by atoms with Crippen molar-refractivity contribution in [3.8, 4) is 0 Å². The smallest absolute Gasteiger partial charge is 0.242 e. The SMILES string of the molecule is CNC(=O)C(Cc1ccccc1)NC(=O)C(CCCCN)NC(C)C. The fourth-order valence-corrected chi connectivity index (χ4v) is 2.69. The van der Waals surface area contributed by atoms with Gasteiger partial charge < -0.3 is 21.7 Å². The Morgan fingerprint density at radius 3 is 2.28 bits per heavy atom. The number of amides is 2. The van der Waals surface area contributed by atoms with Gasteiger partial charge in [0.05, 0.1) is 6.04 Å². The van der Waals surface area contributed by atoms with Crippen molar-refractivity contribution in [2.24, 2.45) is 5.73 Å². The summed E-state index contributed by atoms with van der Waals surface area (Å²) in [6.07, 6.45) is 2.92. The maximum atomic E-state index is 12.7. The van der Waals surface area contributed by atoms with Crippen LogP contribution in [0, 0.1) is 0 Å². The molecule has 25 heavy (non-hydrogen) atoms. The van der Waals surface area contributed by atoms with Crippen LogP contribution in [0.25, 0.3) is 0 Å². The highest BCUT2D eigenvalue weighted by Crippen LogP contribution is 2.06. The lowest BCUT2D eigenvalue weighted by molar-refractivity contribution is -0.130. The molecule has 0 fully saturated rings. The standard InChI is InChI=1S/C19H32N4O2/c1-14(2)22-16(11-7-8-12-20)19(25)23-17(18(24)21-3)13-15-9-5-4-6-10-15/h4-6,9-10,14,16-17,22H,7-8,11-13,20H2,1-3H3,(H,21,24)(H,23,25). The van der Waals surface area contributed by atoms with E-state index in [-0.39, 0.29) is 23.9 Å². The second-order valence-electron chi connectivity index (χ2n) is 6.52. The van der Waals surface area contributed by atoms with E-state index in [2.05, 4.69) is 16.0 Å². The predicted molar refractivity (Wildman–Crippen MR) is 101 cm³/mol. The van der Waals surface area contributed by atoms with Crippen molar-refractivity contribution in [2.45, 2.75) is 57.7 Å². The molecule has 0 aliphatic rings. The van der Waals surface area contributed by atoms with Crippen molar-refractivity contribution in [3.05, 3.63) is 35.9 Å². The van der Waals surface area contributed by atoms with Gasteiger partial charge in [0.2, 0.25) is 11.8 Å². The molecule has 6 nitrogen and oxygen atoms in total. The molecule has 6 heteroatoms. The lowest BCUT2D eigenvalue weighted by Gasteiger charge is -2.24. The Hall–Kier alpha value is -1.92. The third kappa shape index (κ3) is 8.14. The summed E-state index contributed by atoms with van der Waals surface area (Å²) >= 11 is 0. The second-order valence-corrected chi connectivity index (χ2v) is 6.52. The second kappa shape index (κ2) is 11.6. The fraction of sp³-hybridized carbons (Fsp3) is 0.579. The van der Waals surface area contributed by atoms with E-state index in [0.29, 0.717) is 19.4 Å². The molecule has 1 aromatic rings. The molecular formula is C19H32N4O2. The van der Waals surface area contributed by atoms with E-state index in [1.807, 2.05) is 44.2 Å². The lowest BCUT2D eigenvalue weighted by Crippen LogP contribution is -2.54. The van der Waals surface area contributed by atoms with Crippen LogP contribution in [0.2, 0.25) is 0 Å². The van der Waals surface area contributed by atoms with Gasteiger partial charge in [-0.25, -0.2) is 0 Å². The normalized spacial score (nSPS) is 13.3. The Kier molecular flexibility index (Phi) is 9.80. The molecule has 0 spiro atoms. The van der Waals surface area contributed by atoms with E-state index in [1.54, 1.807) is 7.05 Å². The van der Waals surface area contributed by atoms with E-state index < -0.39 is 6.04 Å². The molecule has 0 radical (unpaired) electrons. The summed E-state index contributed by atoms with van der Waals surface area (Å²) in [7, 11) is 1.58. The van der Waals surface area contributed by atoms with E-state index in [9.17, 15) is 9.59 Å². The van der Waals surface area contributed by atoms with Gasteiger partial charge in [-0.1, -0.05) is 50.6 Å². The summed E-state index contributed by atoms with van der Waals surface area (Å²) in [5, 5.41) is 8.82. The molecule has 2 atom stereocenters. The van der Waals surface area contributed by atoms with Crippen molar-refractivity contribution in [1.29, 1.82) is 0 Å². The highest BCUT2D eigenvalue weighted by atomic mass is 16.2. The Labute approximate surface area is 150 Å². The van der Waals surface area contributed by atoms with E-state index in [0.717, 1.165) is 18.4 Å². The molecule has 0 saturated carbocycles. The summed E-state index contributed by atoms with van der Waals surface area (Å²) in [6.45, 7) is 4.62. The van der Waals surface area contributed by atoms with Gasteiger partial charge in [-0.05, 0) is 24.9 Å². The van der Waals surface area contributed by atoms with E-state index >= 15 is 0 Å². The van der Waals surface area contributed by atoms with Crippen LogP contribution in [0.15, 0.2) is 30.3 Å². The zero-order valence-corrected chi connectivity index (χ0v) is 15.5. The Bertz CT molecular complexity index is 519. The lowest BCUT2D eigenvalue weighted by atomic mass is 10.0. The molecule has 2 amide bonds. The molecule has 140 valence electrons. The van der Waals surface area contributed by atoms with Crippen LogP contribution in [-0.4, -0.2) is 43.5 Å². The zero-order chi connectivity index (χ0) is 18.7. The number of carbonyl (C=O) groups is 2. The molecule has 0 aromatic heterocycles. The molecule has 0 aliphatic carbocycles. The average Bonchev–Trinajstić information content (AvgIpc) is 2.60. The van der Waals surface area contributed by atoms with Crippen LogP contribution in [0.4, 0.5) is 0 Å². The first-order valence-electron chi connectivity index (χ1n) is 9.00. The van der Waals surface area contributed by atoms with Gasteiger partial charge in [-0.3, -0.25) is 9.59 Å². The van der Waals surface area contributed by atoms with Crippen LogP contribution >= 0.6 is 0 Å². The topological polar surface area (TPSA) is 96.2 Å². The minimum Gasteiger partial charge on any atom is -0.357 e. The zero-order valence-electron chi connectivity index (χ0n) is 15.5. The Balaban J connectivity index is 2.76. The number of nitrogens with one attached hydrogen (secondary N) is 3. The van der Waals surface area contributed by atoms with Gasteiger partial charge in [0.25, 0.3) is 0 Å². The number of carbonyl (C=O) groups excluding carboxylic acids is 2. The summed E-state index contributed by atoms with van der Waals surface area (Å²) in [5.74, 6) is -0.335. The minimum atomic E-state index is -0.592. The van der Waals surface area contributed by atoms with Crippen LogP contribution in [0.3, 0.4) is 0 Å². The monoisotopic (exact) mass is 348 g/mol. The predicted octanol–water partition coefficient (Wildman–Crippen LogP) is 0.956. The Morgan fingerprint density at radius 2 is 1.72 bits per heavy atom. The molecule has 0 saturated heterocycles. The van der Waals surface area contributed by atoms with Crippen LogP contribution in [0.1, 0.15) is 38.7 Å². The number of rotatable bonds is 11. The molecule has 5 N–H and O–H groups in total. The highest BCUT2D eigenvalue weighted by molar-refractivity contribution is 5.89. The first-order valence-corrected chi connectivity index (χ1v) is 9.00. The van der Waals surface area contributed by atoms with Gasteiger partial charge in [0.1, 0.15) is 6.04 Å². The highest BCUT2D eigenvalue weighted by Gasteiger charge is 2.25. The van der Waals surface area contributed by atoms with E-state index in [4.69, 9.17) is 5.73 Å². The summed E-state index contributed by atoms with van der Waals surface area (Å²) < 4.78 is 0. The Morgan fingerprint density at radius 1 is 1.04 bits per heavy atom. The van der Waals surface area contributed by atoms with Gasteiger partial charge in [0, 0.05) is 19.5 Å². The van der Waals surface area contributed by atoms with Crippen molar-refractivity contribution in [3.63, 3.8) is 0 Å². The summed E-state index contributed by atoms with van der Waals surface area (Å²) in [5.41, 5.74) is 6.55. The quantitative estimate of drug-likeness (QED) is 0.448. The van der Waals surface area contributed by atoms with Crippen molar-refractivity contribution >= 4 is 11.8 Å². The number of benzene rings is 1. The largest absolute Gasteiger partial charge is 0.357 e. The van der Waals surface area contributed by atoms with Gasteiger partial charge >= 0.3 is 0 Å². The van der Waals surface area contributed by atoms with Crippen LogP contribution in [-0.2, 0) is 16.0 Å². The molecule has 1 rings (SSSR count). The van der Waals surface area contributed by atoms with Gasteiger partial charge in [0.15, 0.2) is 0 Å². The molecule has 1 aromatic carbocycles. The maximum Gasteiger partial charge on any atom is 0.242 e. The van der Waals surface area contributed by atoms with Crippen LogP contribution in [0.5, 0.6) is 0 Å². The molecule has 0 aliphatic heterocycles. The fourth-order valence-electron chi connectivity index (χ4n) is 2.69. The van der Waals surface area contributed by atoms with E-state index in [1.165, 1.54) is 0 Å². The summed E-state index contributed by atoms with van der Waals surface area (Å²) in [6, 6.07) is 8.95.